The van der Waals surface area contributed by atoms with Crippen molar-refractivity contribution in [3.8, 4) is 0 Å². The predicted molar refractivity (Wildman–Crippen MR) is 49.1 cm³/mol. The van der Waals surface area contributed by atoms with Gasteiger partial charge in [-0.25, -0.2) is 0 Å². The van der Waals surface area contributed by atoms with E-state index in [1.807, 2.05) is 6.92 Å². The zero-order chi connectivity index (χ0) is 9.26. The van der Waals surface area contributed by atoms with Gasteiger partial charge in [0.15, 0.2) is 6.61 Å². The molecule has 0 aliphatic carbocycles. The molecular weight excluding hydrogens is 166 g/mol. The Bertz CT molecular complexity index is 252. The molecule has 0 saturated carbocycles. The van der Waals surface area contributed by atoms with Gasteiger partial charge in [0, 0.05) is 13.1 Å². The quantitative estimate of drug-likeness (QED) is 0.610. The number of likely N-dealkylation sites (tertiary alicyclic amines) is 1. The van der Waals surface area contributed by atoms with Crippen LogP contribution in [0.4, 0.5) is 0 Å². The molecule has 0 aromatic heterocycles. The lowest BCUT2D eigenvalue weighted by Gasteiger charge is -2.28. The van der Waals surface area contributed by atoms with Gasteiger partial charge >= 0.3 is 0 Å². The first-order valence-corrected chi connectivity index (χ1v) is 4.91. The largest absolute Gasteiger partial charge is 0.488 e. The second-order valence-electron chi connectivity index (χ2n) is 3.66. The molecule has 0 spiro atoms. The maximum atomic E-state index is 11.5. The highest BCUT2D eigenvalue weighted by Crippen LogP contribution is 2.23. The molecule has 2 aliphatic rings. The summed E-state index contributed by atoms with van der Waals surface area (Å²) in [6, 6.07) is 0. The number of piperidine rings is 1. The molecule has 0 bridgehead atoms. The average Bonchev–Trinajstić information content (AvgIpc) is 2.48. The molecule has 0 amide bonds. The van der Waals surface area contributed by atoms with Gasteiger partial charge in [-0.15, -0.1) is 0 Å². The smallest absolute Gasteiger partial charge is 0.219 e. The average molecular weight is 181 g/mol. The SMILES string of the molecule is CC1=C(N2CCCCC2)C(=O)CO1. The first kappa shape index (κ1) is 8.60. The summed E-state index contributed by atoms with van der Waals surface area (Å²) in [4.78, 5) is 13.6. The molecule has 3 nitrogen and oxygen atoms in total. The summed E-state index contributed by atoms with van der Waals surface area (Å²) < 4.78 is 5.22. The van der Waals surface area contributed by atoms with Crippen molar-refractivity contribution in [3.05, 3.63) is 11.5 Å². The van der Waals surface area contributed by atoms with Gasteiger partial charge in [-0.2, -0.15) is 0 Å². The molecule has 0 radical (unpaired) electrons. The second kappa shape index (κ2) is 3.40. The highest BCUT2D eigenvalue weighted by Gasteiger charge is 2.27. The van der Waals surface area contributed by atoms with Crippen molar-refractivity contribution < 1.29 is 9.53 Å². The van der Waals surface area contributed by atoms with Gasteiger partial charge in [0.2, 0.25) is 5.78 Å². The number of Topliss-reactive ketones (excluding diaryl/α,β-unsaturated/α-hetero) is 1. The summed E-state index contributed by atoms with van der Waals surface area (Å²) in [6.07, 6.45) is 3.69. The fourth-order valence-electron chi connectivity index (χ4n) is 2.02. The molecule has 2 heterocycles. The van der Waals surface area contributed by atoms with E-state index in [0.29, 0.717) is 0 Å². The van der Waals surface area contributed by atoms with E-state index < -0.39 is 0 Å². The van der Waals surface area contributed by atoms with Crippen molar-refractivity contribution in [1.29, 1.82) is 0 Å². The summed E-state index contributed by atoms with van der Waals surface area (Å²) >= 11 is 0. The van der Waals surface area contributed by atoms with Crippen LogP contribution in [0.25, 0.3) is 0 Å². The fraction of sp³-hybridized carbons (Fsp3) is 0.700. The summed E-state index contributed by atoms with van der Waals surface area (Å²) in [5.41, 5.74) is 0.833. The number of hydrogen-bond donors (Lipinski definition) is 0. The van der Waals surface area contributed by atoms with Gasteiger partial charge in [0.25, 0.3) is 0 Å². The van der Waals surface area contributed by atoms with Crippen LogP contribution in [0.2, 0.25) is 0 Å². The van der Waals surface area contributed by atoms with E-state index >= 15 is 0 Å². The van der Waals surface area contributed by atoms with Gasteiger partial charge < -0.3 is 9.64 Å². The number of carbonyl (C=O) groups is 1. The van der Waals surface area contributed by atoms with E-state index in [-0.39, 0.29) is 12.4 Å². The maximum Gasteiger partial charge on any atom is 0.219 e. The molecule has 13 heavy (non-hydrogen) atoms. The first-order chi connectivity index (χ1) is 6.29. The van der Waals surface area contributed by atoms with E-state index in [1.54, 1.807) is 0 Å². The molecule has 1 saturated heterocycles. The molecule has 0 aromatic rings. The highest BCUT2D eigenvalue weighted by atomic mass is 16.5. The number of ether oxygens (including phenoxy) is 1. The van der Waals surface area contributed by atoms with Crippen molar-refractivity contribution in [2.75, 3.05) is 19.7 Å². The van der Waals surface area contributed by atoms with E-state index in [2.05, 4.69) is 4.90 Å². The third-order valence-corrected chi connectivity index (χ3v) is 2.69. The Hall–Kier alpha value is -0.990. The Morgan fingerprint density at radius 3 is 2.46 bits per heavy atom. The van der Waals surface area contributed by atoms with Crippen molar-refractivity contribution in [2.24, 2.45) is 0 Å². The first-order valence-electron chi connectivity index (χ1n) is 4.91. The number of nitrogens with zero attached hydrogens (tertiary/aromatic N) is 1. The van der Waals surface area contributed by atoms with Gasteiger partial charge in [0.05, 0.1) is 0 Å². The number of hydrogen-bond acceptors (Lipinski definition) is 3. The van der Waals surface area contributed by atoms with Crippen LogP contribution in [0.3, 0.4) is 0 Å². The van der Waals surface area contributed by atoms with Gasteiger partial charge in [0.1, 0.15) is 11.5 Å². The minimum Gasteiger partial charge on any atom is -0.488 e. The number of allylic oxidation sites excluding steroid dienone is 1. The molecule has 2 rings (SSSR count). The topological polar surface area (TPSA) is 29.5 Å². The Labute approximate surface area is 78.4 Å². The van der Waals surface area contributed by atoms with E-state index in [1.165, 1.54) is 19.3 Å². The zero-order valence-corrected chi connectivity index (χ0v) is 8.01. The van der Waals surface area contributed by atoms with Crippen LogP contribution in [0.5, 0.6) is 0 Å². The summed E-state index contributed by atoms with van der Waals surface area (Å²) in [6.45, 7) is 4.16. The third-order valence-electron chi connectivity index (χ3n) is 2.69. The van der Waals surface area contributed by atoms with E-state index in [4.69, 9.17) is 4.74 Å². The van der Waals surface area contributed by atoms with Crippen molar-refractivity contribution in [3.63, 3.8) is 0 Å². The van der Waals surface area contributed by atoms with Crippen LogP contribution in [-0.4, -0.2) is 30.4 Å². The van der Waals surface area contributed by atoms with Crippen LogP contribution in [0.15, 0.2) is 11.5 Å². The lowest BCUT2D eigenvalue weighted by molar-refractivity contribution is -0.117. The third kappa shape index (κ3) is 1.55. The van der Waals surface area contributed by atoms with E-state index in [0.717, 1.165) is 24.5 Å². The molecule has 0 atom stereocenters. The number of rotatable bonds is 1. The molecular formula is C10H15NO2. The minimum absolute atomic E-state index is 0.152. The molecule has 2 aliphatic heterocycles. The number of carbonyl (C=O) groups excluding carboxylic acids is 1. The van der Waals surface area contributed by atoms with Crippen LogP contribution >= 0.6 is 0 Å². The molecule has 0 N–H and O–H groups in total. The summed E-state index contributed by atoms with van der Waals surface area (Å²) in [5, 5.41) is 0. The van der Waals surface area contributed by atoms with Gasteiger partial charge in [-0.1, -0.05) is 0 Å². The Balaban J connectivity index is 2.13. The molecule has 3 heteroatoms. The standard InChI is InChI=1S/C10H15NO2/c1-8-10(9(12)7-13-8)11-5-3-2-4-6-11/h2-7H2,1H3. The second-order valence-corrected chi connectivity index (χ2v) is 3.66. The van der Waals surface area contributed by atoms with Crippen molar-refractivity contribution in [2.45, 2.75) is 26.2 Å². The summed E-state index contributed by atoms with van der Waals surface area (Å²) in [5.74, 6) is 0.964. The minimum atomic E-state index is 0.152. The molecule has 0 aromatic carbocycles. The van der Waals surface area contributed by atoms with Crippen molar-refractivity contribution >= 4 is 5.78 Å². The van der Waals surface area contributed by atoms with Crippen LogP contribution in [0, 0.1) is 0 Å². The monoisotopic (exact) mass is 181 g/mol. The van der Waals surface area contributed by atoms with Gasteiger partial charge in [-0.05, 0) is 26.2 Å². The Morgan fingerprint density at radius 2 is 1.92 bits per heavy atom. The van der Waals surface area contributed by atoms with Gasteiger partial charge in [-0.3, -0.25) is 4.79 Å². The lowest BCUT2D eigenvalue weighted by Crippen LogP contribution is -2.32. The Kier molecular flexibility index (Phi) is 2.25. The van der Waals surface area contributed by atoms with Crippen molar-refractivity contribution in [1.82, 2.24) is 4.90 Å². The fourth-order valence-corrected chi connectivity index (χ4v) is 2.02. The summed E-state index contributed by atoms with van der Waals surface area (Å²) in [7, 11) is 0. The van der Waals surface area contributed by atoms with Crippen LogP contribution in [-0.2, 0) is 9.53 Å². The molecule has 72 valence electrons. The highest BCUT2D eigenvalue weighted by molar-refractivity contribution is 5.98. The molecule has 1 fully saturated rings. The zero-order valence-electron chi connectivity index (χ0n) is 8.01. The normalized spacial score (nSPS) is 23.8. The Morgan fingerprint density at radius 1 is 1.23 bits per heavy atom. The molecule has 0 unspecified atom stereocenters. The van der Waals surface area contributed by atoms with Crippen LogP contribution < -0.4 is 0 Å². The predicted octanol–water partition coefficient (Wildman–Crippen LogP) is 1.30. The van der Waals surface area contributed by atoms with Crippen LogP contribution in [0.1, 0.15) is 26.2 Å². The van der Waals surface area contributed by atoms with E-state index in [9.17, 15) is 4.79 Å². The number of ketones is 1. The maximum absolute atomic E-state index is 11.5. The lowest BCUT2D eigenvalue weighted by atomic mass is 10.1.